The van der Waals surface area contributed by atoms with Crippen molar-refractivity contribution in [2.75, 3.05) is 25.0 Å². The smallest absolute Gasteiger partial charge is 0.238 e. The number of carbonyl (C=O) groups is 2. The van der Waals surface area contributed by atoms with Crippen LogP contribution in [0.3, 0.4) is 0 Å². The molecule has 4 N–H and O–H groups in total. The molecular formula is C20H26N4O5S. The molecule has 3 rings (SSSR count). The Labute approximate surface area is 175 Å². The summed E-state index contributed by atoms with van der Waals surface area (Å²) >= 11 is 0. The molecular weight excluding hydrogens is 408 g/mol. The molecule has 0 spiro atoms. The highest BCUT2D eigenvalue weighted by Gasteiger charge is 2.25. The van der Waals surface area contributed by atoms with E-state index in [0.717, 1.165) is 31.7 Å². The summed E-state index contributed by atoms with van der Waals surface area (Å²) in [6.07, 6.45) is 3.39. The molecule has 1 aromatic carbocycles. The van der Waals surface area contributed by atoms with Crippen molar-refractivity contribution < 1.29 is 22.4 Å². The molecule has 0 aliphatic carbocycles. The first-order valence-electron chi connectivity index (χ1n) is 9.76. The van der Waals surface area contributed by atoms with Crippen LogP contribution >= 0.6 is 0 Å². The van der Waals surface area contributed by atoms with Crippen LogP contribution in [0.2, 0.25) is 0 Å². The summed E-state index contributed by atoms with van der Waals surface area (Å²) in [6.45, 7) is 2.51. The lowest BCUT2D eigenvalue weighted by Crippen LogP contribution is -2.41. The number of furan rings is 1. The van der Waals surface area contributed by atoms with E-state index in [-0.39, 0.29) is 22.6 Å². The average Bonchev–Trinajstić information content (AvgIpc) is 3.24. The first-order chi connectivity index (χ1) is 14.3. The van der Waals surface area contributed by atoms with Gasteiger partial charge in [0.2, 0.25) is 21.8 Å². The van der Waals surface area contributed by atoms with Crippen molar-refractivity contribution in [2.24, 2.45) is 11.1 Å². The number of nitrogens with two attached hydrogens (primary N) is 1. The molecule has 10 heteroatoms. The average molecular weight is 435 g/mol. The summed E-state index contributed by atoms with van der Waals surface area (Å²) in [5.41, 5.74) is 0.513. The predicted molar refractivity (Wildman–Crippen MR) is 111 cm³/mol. The molecule has 9 nitrogen and oxygen atoms in total. The number of primary sulfonamides is 1. The zero-order valence-electron chi connectivity index (χ0n) is 16.5. The number of benzene rings is 1. The molecule has 1 saturated heterocycles. The van der Waals surface area contributed by atoms with E-state index in [0.29, 0.717) is 25.2 Å². The highest BCUT2D eigenvalue weighted by Crippen LogP contribution is 2.18. The van der Waals surface area contributed by atoms with Gasteiger partial charge in [-0.05, 0) is 62.3 Å². The van der Waals surface area contributed by atoms with Crippen LogP contribution in [0.15, 0.2) is 52.0 Å². The Bertz CT molecular complexity index is 950. The number of carbonyl (C=O) groups excluding carboxylic acids is 2. The largest absolute Gasteiger partial charge is 0.467 e. The van der Waals surface area contributed by atoms with E-state index in [1.165, 1.54) is 24.3 Å². The van der Waals surface area contributed by atoms with Crippen LogP contribution < -0.4 is 15.8 Å². The van der Waals surface area contributed by atoms with E-state index in [4.69, 9.17) is 9.56 Å². The molecule has 1 fully saturated rings. The van der Waals surface area contributed by atoms with E-state index < -0.39 is 10.0 Å². The van der Waals surface area contributed by atoms with Crippen molar-refractivity contribution in [3.8, 4) is 0 Å². The third-order valence-corrected chi connectivity index (χ3v) is 6.03. The Kier molecular flexibility index (Phi) is 7.24. The number of piperidine rings is 1. The molecule has 1 aromatic heterocycles. The van der Waals surface area contributed by atoms with Gasteiger partial charge < -0.3 is 20.0 Å². The lowest BCUT2D eigenvalue weighted by molar-refractivity contribution is -0.127. The first kappa shape index (κ1) is 22.0. The minimum Gasteiger partial charge on any atom is -0.467 e. The summed E-state index contributed by atoms with van der Waals surface area (Å²) < 4.78 is 27.7. The van der Waals surface area contributed by atoms with Gasteiger partial charge in [-0.15, -0.1) is 0 Å². The number of hydrogen-bond donors (Lipinski definition) is 3. The monoisotopic (exact) mass is 434 g/mol. The van der Waals surface area contributed by atoms with E-state index in [1.54, 1.807) is 12.3 Å². The maximum absolute atomic E-state index is 12.3. The van der Waals surface area contributed by atoms with Gasteiger partial charge >= 0.3 is 0 Å². The molecule has 30 heavy (non-hydrogen) atoms. The molecule has 0 radical (unpaired) electrons. The minimum atomic E-state index is -3.75. The Morgan fingerprint density at radius 1 is 1.13 bits per heavy atom. The third kappa shape index (κ3) is 6.41. The van der Waals surface area contributed by atoms with Crippen LogP contribution in [0, 0.1) is 5.92 Å². The minimum absolute atomic E-state index is 0.00318. The van der Waals surface area contributed by atoms with Gasteiger partial charge in [-0.1, -0.05) is 0 Å². The zero-order valence-corrected chi connectivity index (χ0v) is 17.4. The van der Waals surface area contributed by atoms with Crippen LogP contribution in [0.4, 0.5) is 5.69 Å². The number of hydrogen-bond acceptors (Lipinski definition) is 6. The number of sulfonamides is 1. The molecule has 0 atom stereocenters. The predicted octanol–water partition coefficient (Wildman–Crippen LogP) is 1.28. The van der Waals surface area contributed by atoms with Gasteiger partial charge in [-0.25, -0.2) is 13.6 Å². The Hall–Kier alpha value is -2.69. The number of anilines is 1. The summed E-state index contributed by atoms with van der Waals surface area (Å²) in [5, 5.41) is 10.7. The molecule has 0 unspecified atom stereocenters. The van der Waals surface area contributed by atoms with E-state index >= 15 is 0 Å². The SMILES string of the molecule is NS(=O)(=O)c1ccc(NC(=O)CCN2CCC(C(=O)NCc3ccco3)CC2)cc1. The van der Waals surface area contributed by atoms with Gasteiger partial charge in [0.05, 0.1) is 17.7 Å². The first-order valence-corrected chi connectivity index (χ1v) is 11.3. The molecule has 2 amide bonds. The van der Waals surface area contributed by atoms with Gasteiger partial charge in [0.1, 0.15) is 5.76 Å². The highest BCUT2D eigenvalue weighted by atomic mass is 32.2. The van der Waals surface area contributed by atoms with Crippen molar-refractivity contribution in [1.82, 2.24) is 10.2 Å². The van der Waals surface area contributed by atoms with Crippen molar-refractivity contribution in [3.63, 3.8) is 0 Å². The fourth-order valence-corrected chi connectivity index (χ4v) is 3.88. The molecule has 2 aromatic rings. The van der Waals surface area contributed by atoms with Gasteiger partial charge in [0, 0.05) is 24.6 Å². The molecule has 0 saturated carbocycles. The van der Waals surface area contributed by atoms with Gasteiger partial charge in [0.25, 0.3) is 0 Å². The number of likely N-dealkylation sites (tertiary alicyclic amines) is 1. The lowest BCUT2D eigenvalue weighted by Gasteiger charge is -2.31. The van der Waals surface area contributed by atoms with E-state index in [1.807, 2.05) is 6.07 Å². The fourth-order valence-electron chi connectivity index (χ4n) is 3.36. The molecule has 1 aliphatic heterocycles. The van der Waals surface area contributed by atoms with Gasteiger partial charge in [0.15, 0.2) is 0 Å². The van der Waals surface area contributed by atoms with Crippen LogP contribution in [0.25, 0.3) is 0 Å². The van der Waals surface area contributed by atoms with Gasteiger partial charge in [-0.3, -0.25) is 9.59 Å². The quantitative estimate of drug-likeness (QED) is 0.573. The maximum atomic E-state index is 12.3. The number of rotatable bonds is 8. The second-order valence-corrected chi connectivity index (χ2v) is 8.84. The second kappa shape index (κ2) is 9.88. The summed E-state index contributed by atoms with van der Waals surface area (Å²) in [7, 11) is -3.75. The van der Waals surface area contributed by atoms with Crippen LogP contribution in [-0.4, -0.2) is 44.8 Å². The van der Waals surface area contributed by atoms with Crippen molar-refractivity contribution in [3.05, 3.63) is 48.4 Å². The molecule has 0 bridgehead atoms. The van der Waals surface area contributed by atoms with Crippen LogP contribution in [0.5, 0.6) is 0 Å². The summed E-state index contributed by atoms with van der Waals surface area (Å²) in [6, 6.07) is 9.33. The molecule has 2 heterocycles. The van der Waals surface area contributed by atoms with Gasteiger partial charge in [-0.2, -0.15) is 0 Å². The normalized spacial score (nSPS) is 15.6. The number of nitrogens with one attached hydrogen (secondary N) is 2. The Balaban J connectivity index is 1.35. The molecule has 1 aliphatic rings. The maximum Gasteiger partial charge on any atom is 0.238 e. The fraction of sp³-hybridized carbons (Fsp3) is 0.400. The van der Waals surface area contributed by atoms with Crippen molar-refractivity contribution in [1.29, 1.82) is 0 Å². The lowest BCUT2D eigenvalue weighted by atomic mass is 9.96. The number of amides is 2. The third-order valence-electron chi connectivity index (χ3n) is 5.10. The van der Waals surface area contributed by atoms with E-state index in [9.17, 15) is 18.0 Å². The Morgan fingerprint density at radius 3 is 2.43 bits per heavy atom. The van der Waals surface area contributed by atoms with Crippen LogP contribution in [-0.2, 0) is 26.2 Å². The zero-order chi connectivity index (χ0) is 21.6. The van der Waals surface area contributed by atoms with Crippen LogP contribution in [0.1, 0.15) is 25.0 Å². The van der Waals surface area contributed by atoms with Crippen molar-refractivity contribution in [2.45, 2.75) is 30.7 Å². The van der Waals surface area contributed by atoms with E-state index in [2.05, 4.69) is 15.5 Å². The summed E-state index contributed by atoms with van der Waals surface area (Å²) in [5.74, 6) is 0.580. The highest BCUT2D eigenvalue weighted by molar-refractivity contribution is 7.89. The number of nitrogens with zero attached hydrogens (tertiary/aromatic N) is 1. The standard InChI is InChI=1S/C20H26N4O5S/c21-30(27,28)18-5-3-16(4-6-18)23-19(25)9-12-24-10-7-15(8-11-24)20(26)22-14-17-2-1-13-29-17/h1-6,13,15H,7-12,14H2,(H,22,26)(H,23,25)(H2,21,27,28). The molecule has 162 valence electrons. The summed E-state index contributed by atoms with van der Waals surface area (Å²) in [4.78, 5) is 26.6. The Morgan fingerprint density at radius 2 is 1.83 bits per heavy atom. The topological polar surface area (TPSA) is 135 Å². The second-order valence-electron chi connectivity index (χ2n) is 7.28. The van der Waals surface area contributed by atoms with Crippen molar-refractivity contribution >= 4 is 27.5 Å².